The highest BCUT2D eigenvalue weighted by molar-refractivity contribution is 9.10. The summed E-state index contributed by atoms with van der Waals surface area (Å²) in [7, 11) is 1.60. The Bertz CT molecular complexity index is 574. The zero-order chi connectivity index (χ0) is 12.3. The van der Waals surface area contributed by atoms with Crippen LogP contribution in [-0.4, -0.2) is 17.3 Å². The number of hydrogen-bond donors (Lipinski definition) is 0. The first-order valence-electron chi connectivity index (χ1n) is 4.78. The van der Waals surface area contributed by atoms with Gasteiger partial charge >= 0.3 is 0 Å². The summed E-state index contributed by atoms with van der Waals surface area (Å²) < 4.78 is 10.9. The predicted molar refractivity (Wildman–Crippen MR) is 63.3 cm³/mol. The summed E-state index contributed by atoms with van der Waals surface area (Å²) >= 11 is 3.38. The molecule has 0 saturated heterocycles. The van der Waals surface area contributed by atoms with Crippen LogP contribution in [0.1, 0.15) is 5.89 Å². The number of nitriles is 1. The summed E-state index contributed by atoms with van der Waals surface area (Å²) in [6.07, 6.45) is 0.115. The molecule has 5 nitrogen and oxygen atoms in total. The molecule has 1 aromatic carbocycles. The van der Waals surface area contributed by atoms with E-state index < -0.39 is 0 Å². The Morgan fingerprint density at radius 1 is 1.53 bits per heavy atom. The smallest absolute Gasteiger partial charge is 0.241 e. The lowest BCUT2D eigenvalue weighted by atomic mass is 10.2. The lowest BCUT2D eigenvalue weighted by molar-refractivity contribution is 0.388. The molecule has 0 aliphatic carbocycles. The van der Waals surface area contributed by atoms with E-state index in [0.717, 1.165) is 15.8 Å². The molecule has 0 saturated carbocycles. The van der Waals surface area contributed by atoms with Gasteiger partial charge in [-0.25, -0.2) is 0 Å². The van der Waals surface area contributed by atoms with Gasteiger partial charge in [-0.2, -0.15) is 10.2 Å². The molecule has 0 aliphatic rings. The van der Waals surface area contributed by atoms with E-state index in [1.807, 2.05) is 18.2 Å². The Kier molecular flexibility index (Phi) is 3.40. The number of rotatable bonds is 3. The van der Waals surface area contributed by atoms with Crippen molar-refractivity contribution in [3.8, 4) is 23.2 Å². The molecule has 0 fully saturated rings. The third kappa shape index (κ3) is 2.45. The Morgan fingerprint density at radius 3 is 3.00 bits per heavy atom. The quantitative estimate of drug-likeness (QED) is 0.870. The molecule has 2 rings (SSSR count). The molecule has 0 N–H and O–H groups in total. The highest BCUT2D eigenvalue weighted by Crippen LogP contribution is 2.29. The van der Waals surface area contributed by atoms with Gasteiger partial charge < -0.3 is 9.26 Å². The Hall–Kier alpha value is -1.87. The van der Waals surface area contributed by atoms with Crippen molar-refractivity contribution in [3.05, 3.63) is 28.6 Å². The van der Waals surface area contributed by atoms with E-state index in [9.17, 15) is 0 Å². The van der Waals surface area contributed by atoms with Crippen molar-refractivity contribution >= 4 is 15.9 Å². The van der Waals surface area contributed by atoms with Crippen molar-refractivity contribution in [1.29, 1.82) is 5.26 Å². The van der Waals surface area contributed by atoms with E-state index in [4.69, 9.17) is 14.5 Å². The highest BCUT2D eigenvalue weighted by Gasteiger charge is 2.10. The van der Waals surface area contributed by atoms with Crippen LogP contribution < -0.4 is 4.74 Å². The SMILES string of the molecule is COc1ccc(-c2noc(CC#N)n2)cc1Br. The van der Waals surface area contributed by atoms with Crippen molar-refractivity contribution in [2.45, 2.75) is 6.42 Å². The van der Waals surface area contributed by atoms with Crippen LogP contribution in [0.15, 0.2) is 27.2 Å². The molecule has 86 valence electrons. The van der Waals surface area contributed by atoms with Crippen LogP contribution in [0.3, 0.4) is 0 Å². The van der Waals surface area contributed by atoms with Gasteiger partial charge in [0.1, 0.15) is 12.2 Å². The maximum absolute atomic E-state index is 8.51. The standard InChI is InChI=1S/C11H8BrN3O2/c1-16-9-3-2-7(6-8(9)12)11-14-10(4-5-13)17-15-11/h2-3,6H,4H2,1H3. The normalized spacial score (nSPS) is 9.94. The van der Waals surface area contributed by atoms with Gasteiger partial charge in [0.2, 0.25) is 11.7 Å². The molecular weight excluding hydrogens is 286 g/mol. The number of ether oxygens (including phenoxy) is 1. The minimum atomic E-state index is 0.115. The summed E-state index contributed by atoms with van der Waals surface area (Å²) in [6.45, 7) is 0. The first-order valence-corrected chi connectivity index (χ1v) is 5.57. The fourth-order valence-corrected chi connectivity index (χ4v) is 1.86. The molecule has 0 aliphatic heterocycles. The zero-order valence-corrected chi connectivity index (χ0v) is 10.6. The summed E-state index contributed by atoms with van der Waals surface area (Å²) in [4.78, 5) is 4.10. The molecule has 17 heavy (non-hydrogen) atoms. The molecule has 1 heterocycles. The largest absolute Gasteiger partial charge is 0.496 e. The second-order valence-electron chi connectivity index (χ2n) is 3.20. The second kappa shape index (κ2) is 4.97. The summed E-state index contributed by atoms with van der Waals surface area (Å²) in [6, 6.07) is 7.42. The lowest BCUT2D eigenvalue weighted by Crippen LogP contribution is -1.87. The van der Waals surface area contributed by atoms with E-state index in [1.54, 1.807) is 13.2 Å². The third-order valence-electron chi connectivity index (χ3n) is 2.11. The minimum absolute atomic E-state index is 0.115. The first kappa shape index (κ1) is 11.6. The van der Waals surface area contributed by atoms with Crippen LogP contribution in [-0.2, 0) is 6.42 Å². The average Bonchev–Trinajstić information content (AvgIpc) is 2.78. The van der Waals surface area contributed by atoms with Crippen LogP contribution >= 0.6 is 15.9 Å². The van der Waals surface area contributed by atoms with Crippen LogP contribution in [0.2, 0.25) is 0 Å². The topological polar surface area (TPSA) is 71.9 Å². The van der Waals surface area contributed by atoms with Crippen LogP contribution in [0, 0.1) is 11.3 Å². The van der Waals surface area contributed by atoms with Crippen molar-refractivity contribution < 1.29 is 9.26 Å². The van der Waals surface area contributed by atoms with Crippen LogP contribution in [0.25, 0.3) is 11.4 Å². The number of benzene rings is 1. The molecule has 6 heteroatoms. The van der Waals surface area contributed by atoms with Crippen LogP contribution in [0.4, 0.5) is 0 Å². The van der Waals surface area contributed by atoms with Crippen LogP contribution in [0.5, 0.6) is 5.75 Å². The van der Waals surface area contributed by atoms with Gasteiger partial charge in [-0.05, 0) is 34.1 Å². The predicted octanol–water partition coefficient (Wildman–Crippen LogP) is 2.57. The number of nitrogens with zero attached hydrogens (tertiary/aromatic N) is 3. The third-order valence-corrected chi connectivity index (χ3v) is 2.73. The van der Waals surface area contributed by atoms with E-state index in [0.29, 0.717) is 11.7 Å². The average molecular weight is 294 g/mol. The van der Waals surface area contributed by atoms with Gasteiger partial charge in [-0.3, -0.25) is 0 Å². The molecule has 0 amide bonds. The van der Waals surface area contributed by atoms with Crippen molar-refractivity contribution in [2.75, 3.05) is 7.11 Å². The number of hydrogen-bond acceptors (Lipinski definition) is 5. The molecule has 0 radical (unpaired) electrons. The second-order valence-corrected chi connectivity index (χ2v) is 4.05. The van der Waals surface area contributed by atoms with Gasteiger partial charge in [0.05, 0.1) is 17.7 Å². The summed E-state index contributed by atoms with van der Waals surface area (Å²) in [5, 5.41) is 12.3. The molecule has 2 aromatic rings. The highest BCUT2D eigenvalue weighted by atomic mass is 79.9. The van der Waals surface area contributed by atoms with Crippen molar-refractivity contribution in [1.82, 2.24) is 10.1 Å². The van der Waals surface area contributed by atoms with Gasteiger partial charge in [0.15, 0.2) is 0 Å². The Morgan fingerprint density at radius 2 is 2.35 bits per heavy atom. The van der Waals surface area contributed by atoms with Crippen molar-refractivity contribution in [3.63, 3.8) is 0 Å². The fourth-order valence-electron chi connectivity index (χ4n) is 1.32. The molecular formula is C11H8BrN3O2. The van der Waals surface area contributed by atoms with Gasteiger partial charge in [-0.1, -0.05) is 5.16 Å². The Labute approximate surface area is 106 Å². The molecule has 0 atom stereocenters. The van der Waals surface area contributed by atoms with E-state index in [2.05, 4.69) is 26.1 Å². The monoisotopic (exact) mass is 293 g/mol. The summed E-state index contributed by atoms with van der Waals surface area (Å²) in [5.74, 6) is 1.50. The van der Waals surface area contributed by atoms with Gasteiger partial charge in [-0.15, -0.1) is 0 Å². The molecule has 1 aromatic heterocycles. The number of aromatic nitrogens is 2. The maximum atomic E-state index is 8.51. The van der Waals surface area contributed by atoms with Crippen molar-refractivity contribution in [2.24, 2.45) is 0 Å². The number of halogens is 1. The van der Waals surface area contributed by atoms with Gasteiger partial charge in [0, 0.05) is 5.56 Å². The molecule has 0 bridgehead atoms. The van der Waals surface area contributed by atoms with E-state index >= 15 is 0 Å². The fraction of sp³-hybridized carbons (Fsp3) is 0.182. The van der Waals surface area contributed by atoms with E-state index in [1.165, 1.54) is 0 Å². The Balaban J connectivity index is 2.33. The van der Waals surface area contributed by atoms with E-state index in [-0.39, 0.29) is 6.42 Å². The lowest BCUT2D eigenvalue weighted by Gasteiger charge is -2.03. The maximum Gasteiger partial charge on any atom is 0.241 e. The first-order chi connectivity index (χ1) is 8.24. The molecule has 0 unspecified atom stereocenters. The summed E-state index contributed by atoms with van der Waals surface area (Å²) in [5.41, 5.74) is 0.797. The zero-order valence-electron chi connectivity index (χ0n) is 8.98. The number of methoxy groups -OCH3 is 1. The van der Waals surface area contributed by atoms with Gasteiger partial charge in [0.25, 0.3) is 0 Å². The minimum Gasteiger partial charge on any atom is -0.496 e. The molecule has 0 spiro atoms.